The number of fused-ring (bicyclic) bond motifs is 2. The first-order valence-electron chi connectivity index (χ1n) is 9.64. The van der Waals surface area contributed by atoms with Gasteiger partial charge in [0, 0.05) is 41.8 Å². The van der Waals surface area contributed by atoms with Crippen molar-refractivity contribution in [2.75, 3.05) is 11.4 Å². The smallest absolute Gasteiger partial charge is 0.311 e. The average Bonchev–Trinajstić information content (AvgIpc) is 3.31. The fourth-order valence-corrected chi connectivity index (χ4v) is 3.84. The van der Waals surface area contributed by atoms with Crippen LogP contribution in [0.1, 0.15) is 35.3 Å². The van der Waals surface area contributed by atoms with E-state index in [9.17, 15) is 14.4 Å². The molecule has 0 saturated carbocycles. The second kappa shape index (κ2) is 7.54. The number of aromatic amines is 1. The van der Waals surface area contributed by atoms with E-state index in [1.807, 2.05) is 24.3 Å². The van der Waals surface area contributed by atoms with Gasteiger partial charge in [0.2, 0.25) is 11.7 Å². The van der Waals surface area contributed by atoms with E-state index in [-0.39, 0.29) is 18.1 Å². The van der Waals surface area contributed by atoms with Gasteiger partial charge in [-0.1, -0.05) is 18.2 Å². The zero-order valence-corrected chi connectivity index (χ0v) is 16.4. The summed E-state index contributed by atoms with van der Waals surface area (Å²) < 4.78 is 5.40. The maximum absolute atomic E-state index is 12.7. The maximum atomic E-state index is 12.7. The predicted molar refractivity (Wildman–Crippen MR) is 110 cm³/mol. The summed E-state index contributed by atoms with van der Waals surface area (Å²) in [4.78, 5) is 41.6. The van der Waals surface area contributed by atoms with E-state index in [0.29, 0.717) is 18.5 Å². The molecule has 1 N–H and O–H groups in total. The summed E-state index contributed by atoms with van der Waals surface area (Å²) in [7, 11) is 0. The third kappa shape index (κ3) is 3.66. The quantitative estimate of drug-likeness (QED) is 0.535. The topological polar surface area (TPSA) is 79.5 Å². The number of rotatable bonds is 5. The molecule has 0 radical (unpaired) electrons. The van der Waals surface area contributed by atoms with Crippen molar-refractivity contribution in [1.29, 1.82) is 0 Å². The molecule has 1 aromatic heterocycles. The number of para-hydroxylation sites is 1. The predicted octanol–water partition coefficient (Wildman–Crippen LogP) is 3.43. The molecule has 4 rings (SSSR count). The van der Waals surface area contributed by atoms with E-state index in [4.69, 9.17) is 4.74 Å². The van der Waals surface area contributed by atoms with Crippen molar-refractivity contribution < 1.29 is 19.1 Å². The number of carbonyl (C=O) groups is 3. The van der Waals surface area contributed by atoms with Gasteiger partial charge in [0.25, 0.3) is 0 Å². The van der Waals surface area contributed by atoms with E-state index < -0.39 is 12.1 Å². The van der Waals surface area contributed by atoms with Gasteiger partial charge in [-0.2, -0.15) is 0 Å². The van der Waals surface area contributed by atoms with Crippen LogP contribution in [0.2, 0.25) is 0 Å². The van der Waals surface area contributed by atoms with Crippen LogP contribution in [0.5, 0.6) is 0 Å². The number of ether oxygens (including phenoxy) is 1. The van der Waals surface area contributed by atoms with Crippen molar-refractivity contribution in [1.82, 2.24) is 4.98 Å². The first-order chi connectivity index (χ1) is 13.9. The standard InChI is InChI=1S/C23H22N2O4/c1-14(29-22(27)12-18-13-24-20-6-4-3-5-19(18)20)23(28)17-7-8-21-16(11-17)9-10-25(21)15(2)26/h3-8,11,13-14,24H,9-10,12H2,1-2H3. The van der Waals surface area contributed by atoms with Gasteiger partial charge < -0.3 is 14.6 Å². The van der Waals surface area contributed by atoms with Crippen LogP contribution in [0.15, 0.2) is 48.7 Å². The minimum Gasteiger partial charge on any atom is -0.454 e. The SMILES string of the molecule is CC(=O)N1CCc2cc(C(=O)C(C)OC(=O)Cc3c[nH]c4ccccc34)ccc21. The summed E-state index contributed by atoms with van der Waals surface area (Å²) in [6, 6.07) is 13.0. The number of hydrogen-bond acceptors (Lipinski definition) is 4. The largest absolute Gasteiger partial charge is 0.454 e. The highest BCUT2D eigenvalue weighted by atomic mass is 16.5. The van der Waals surface area contributed by atoms with Gasteiger partial charge in [0.05, 0.1) is 6.42 Å². The van der Waals surface area contributed by atoms with Gasteiger partial charge in [0.15, 0.2) is 6.10 Å². The van der Waals surface area contributed by atoms with Crippen molar-refractivity contribution in [3.63, 3.8) is 0 Å². The molecular weight excluding hydrogens is 368 g/mol. The van der Waals surface area contributed by atoms with Crippen molar-refractivity contribution in [2.45, 2.75) is 32.8 Å². The number of nitrogens with one attached hydrogen (secondary N) is 1. The second-order valence-corrected chi connectivity index (χ2v) is 7.30. The van der Waals surface area contributed by atoms with E-state index >= 15 is 0 Å². The Hall–Kier alpha value is -3.41. The molecule has 0 bridgehead atoms. The lowest BCUT2D eigenvalue weighted by molar-refractivity contribution is -0.145. The van der Waals surface area contributed by atoms with Gasteiger partial charge in [-0.15, -0.1) is 0 Å². The Balaban J connectivity index is 1.43. The van der Waals surface area contributed by atoms with Crippen LogP contribution in [0.25, 0.3) is 10.9 Å². The van der Waals surface area contributed by atoms with Gasteiger partial charge in [-0.05, 0) is 48.7 Å². The summed E-state index contributed by atoms with van der Waals surface area (Å²) in [6.45, 7) is 3.74. The van der Waals surface area contributed by atoms with Crippen molar-refractivity contribution in [3.05, 3.63) is 65.4 Å². The van der Waals surface area contributed by atoms with Crippen LogP contribution in [-0.2, 0) is 27.2 Å². The molecule has 6 heteroatoms. The van der Waals surface area contributed by atoms with E-state index in [0.717, 1.165) is 27.7 Å². The first-order valence-corrected chi connectivity index (χ1v) is 9.64. The van der Waals surface area contributed by atoms with Crippen molar-refractivity contribution in [2.24, 2.45) is 0 Å². The number of esters is 1. The highest BCUT2D eigenvalue weighted by Crippen LogP contribution is 2.29. The fourth-order valence-electron chi connectivity index (χ4n) is 3.84. The molecule has 0 aliphatic carbocycles. The van der Waals surface area contributed by atoms with Crippen LogP contribution in [-0.4, -0.2) is 35.3 Å². The minimum atomic E-state index is -0.879. The average molecular weight is 390 g/mol. The molecule has 2 aromatic carbocycles. The summed E-state index contributed by atoms with van der Waals surface area (Å²) in [6.07, 6.45) is 1.72. The molecule has 1 aliphatic heterocycles. The monoisotopic (exact) mass is 390 g/mol. The molecule has 1 amide bonds. The molecule has 1 aliphatic rings. The van der Waals surface area contributed by atoms with Gasteiger partial charge in [-0.3, -0.25) is 14.4 Å². The number of anilines is 1. The molecular formula is C23H22N2O4. The number of aromatic nitrogens is 1. The molecule has 0 fully saturated rings. The molecule has 0 saturated heterocycles. The number of amides is 1. The van der Waals surface area contributed by atoms with Crippen LogP contribution in [0.4, 0.5) is 5.69 Å². The van der Waals surface area contributed by atoms with Crippen LogP contribution < -0.4 is 4.90 Å². The second-order valence-electron chi connectivity index (χ2n) is 7.30. The van der Waals surface area contributed by atoms with Gasteiger partial charge in [-0.25, -0.2) is 0 Å². The Morgan fingerprint density at radius 3 is 2.76 bits per heavy atom. The highest BCUT2D eigenvalue weighted by Gasteiger charge is 2.25. The van der Waals surface area contributed by atoms with Crippen molar-refractivity contribution in [3.8, 4) is 0 Å². The Bertz CT molecular complexity index is 1120. The van der Waals surface area contributed by atoms with Crippen LogP contribution in [0.3, 0.4) is 0 Å². The molecule has 1 atom stereocenters. The van der Waals surface area contributed by atoms with E-state index in [2.05, 4.69) is 4.98 Å². The fraction of sp³-hybridized carbons (Fsp3) is 0.261. The number of nitrogens with zero attached hydrogens (tertiary/aromatic N) is 1. The number of carbonyl (C=O) groups excluding carboxylic acids is 3. The normalized spacial score (nSPS) is 13.9. The summed E-state index contributed by atoms with van der Waals surface area (Å²) in [5.74, 6) is -0.705. The molecule has 0 spiro atoms. The number of H-pyrrole nitrogens is 1. The zero-order valence-electron chi connectivity index (χ0n) is 16.4. The van der Waals surface area contributed by atoms with Crippen LogP contribution >= 0.6 is 0 Å². The van der Waals surface area contributed by atoms with Crippen molar-refractivity contribution >= 4 is 34.3 Å². The minimum absolute atomic E-state index is 0.0117. The molecule has 6 nitrogen and oxygen atoms in total. The van der Waals surface area contributed by atoms with Gasteiger partial charge >= 0.3 is 5.97 Å². The van der Waals surface area contributed by atoms with E-state index in [1.165, 1.54) is 6.92 Å². The van der Waals surface area contributed by atoms with Crippen LogP contribution in [0, 0.1) is 0 Å². The summed E-state index contributed by atoms with van der Waals surface area (Å²) >= 11 is 0. The van der Waals surface area contributed by atoms with E-state index in [1.54, 1.807) is 36.2 Å². The molecule has 29 heavy (non-hydrogen) atoms. The lowest BCUT2D eigenvalue weighted by atomic mass is 10.0. The molecule has 2 heterocycles. The highest BCUT2D eigenvalue weighted by molar-refractivity contribution is 6.02. The lowest BCUT2D eigenvalue weighted by Crippen LogP contribution is -2.26. The molecule has 3 aromatic rings. The number of Topliss-reactive ketones (excluding diaryl/α,β-unsaturated/α-hetero) is 1. The number of ketones is 1. The molecule has 148 valence electrons. The zero-order chi connectivity index (χ0) is 20.5. The molecule has 1 unspecified atom stereocenters. The Labute approximate surface area is 168 Å². The lowest BCUT2D eigenvalue weighted by Gasteiger charge is -2.16. The number of hydrogen-bond donors (Lipinski definition) is 1. The Morgan fingerprint density at radius 1 is 1.17 bits per heavy atom. The third-order valence-electron chi connectivity index (χ3n) is 5.33. The third-order valence-corrected chi connectivity index (χ3v) is 5.33. The Morgan fingerprint density at radius 2 is 1.97 bits per heavy atom. The number of benzene rings is 2. The maximum Gasteiger partial charge on any atom is 0.311 e. The summed E-state index contributed by atoms with van der Waals surface area (Å²) in [5.41, 5.74) is 4.09. The Kier molecular flexibility index (Phi) is 4.92. The first kappa shape index (κ1) is 18.9. The summed E-state index contributed by atoms with van der Waals surface area (Å²) in [5, 5.41) is 0.970. The van der Waals surface area contributed by atoms with Gasteiger partial charge in [0.1, 0.15) is 0 Å².